The Kier molecular flexibility index (Phi) is 16.0. The van der Waals surface area contributed by atoms with Gasteiger partial charge in [-0.15, -0.1) is 0 Å². The van der Waals surface area contributed by atoms with Gasteiger partial charge in [-0.05, 0) is 0 Å². The van der Waals surface area contributed by atoms with Crippen molar-refractivity contribution in [3.8, 4) is 0 Å². The van der Waals surface area contributed by atoms with E-state index in [1.807, 2.05) is 0 Å². The monoisotopic (exact) mass is 899 g/mol. The Hall–Kier alpha value is -3.55. The first kappa shape index (κ1) is 47.1. The number of Topliss-reactive ketones (excluding diaryl/α,β-unsaturated/α-hetero) is 1. The fourth-order valence-corrected chi connectivity index (χ4v) is 8.51. The number of carbonyl (C=O) groups is 4. The number of hydrogen-bond donors (Lipinski definition) is 9. The summed E-state index contributed by atoms with van der Waals surface area (Å²) in [6.45, 7) is 0.174. The molecule has 0 aliphatic carbocycles. The molecule has 1 saturated heterocycles. The van der Waals surface area contributed by atoms with Crippen LogP contribution in [0.25, 0.3) is 11.2 Å². The van der Waals surface area contributed by atoms with Crippen LogP contribution in [0, 0.1) is 5.41 Å². The Morgan fingerprint density at radius 1 is 1.00 bits per heavy atom. The minimum Gasteiger partial charge on any atom is -0.386 e. The van der Waals surface area contributed by atoms with E-state index in [0.717, 1.165) is 29.0 Å². The number of nitrogens with two attached hydrogens (primary N) is 1. The van der Waals surface area contributed by atoms with Crippen LogP contribution in [-0.2, 0) is 50.7 Å². The standard InChI is InChI=1S/C29H40N7O18P3S/c1-29(2,23(40)26(41)32-9-8-18(37)31-10-11-58-28(42)20(38)16-6-4-3-5-7-16)13-51-57(48,49)54-56(46,47)50-12-17-22(53-55(43,44)45)21(39)27(52-17)36-15-35-19-24(30)33-14-34-25(19)36/h3-7,14-15,17,21-23,27,39-40H,8-13H2,1-2H3,(H,31,37)(H,32,41)(H,46,47)(H,48,49)(H2,30,33,34)(H2,43,44,45)/t17-,21-,22-,23+,27-/m1/s1. The molecule has 7 atom stereocenters. The number of rotatable bonds is 21. The summed E-state index contributed by atoms with van der Waals surface area (Å²) in [4.78, 5) is 99.8. The molecule has 2 unspecified atom stereocenters. The molecule has 10 N–H and O–H groups in total. The Morgan fingerprint density at radius 2 is 1.67 bits per heavy atom. The number of phosphoric acid groups is 3. The molecule has 1 aromatic carbocycles. The Morgan fingerprint density at radius 3 is 2.34 bits per heavy atom. The van der Waals surface area contributed by atoms with Crippen LogP contribution in [0.5, 0.6) is 0 Å². The number of benzene rings is 1. The van der Waals surface area contributed by atoms with Gasteiger partial charge in [-0.2, -0.15) is 4.31 Å². The minimum absolute atomic E-state index is 0.0215. The third-order valence-corrected chi connectivity index (χ3v) is 11.9. The number of ketones is 1. The van der Waals surface area contributed by atoms with Crippen LogP contribution in [0.15, 0.2) is 43.0 Å². The topological polar surface area (TPSA) is 381 Å². The average molecular weight is 900 g/mol. The highest BCUT2D eigenvalue weighted by Crippen LogP contribution is 2.61. The third kappa shape index (κ3) is 13.2. The number of phosphoric ester groups is 3. The zero-order valence-corrected chi connectivity index (χ0v) is 33.9. The summed E-state index contributed by atoms with van der Waals surface area (Å²) in [5, 5.41) is 25.6. The van der Waals surface area contributed by atoms with Crippen molar-refractivity contribution in [2.45, 2.75) is 50.9 Å². The number of thioether (sulfide) groups is 1. The number of fused-ring (bicyclic) bond motifs is 1. The molecule has 58 heavy (non-hydrogen) atoms. The number of hydrogen-bond acceptors (Lipinski definition) is 19. The molecule has 29 heteroatoms. The number of imidazole rings is 1. The van der Waals surface area contributed by atoms with E-state index < -0.39 is 95.5 Å². The number of aromatic nitrogens is 4. The first-order valence-electron chi connectivity index (χ1n) is 16.7. The van der Waals surface area contributed by atoms with Gasteiger partial charge in [0, 0.05) is 36.2 Å². The summed E-state index contributed by atoms with van der Waals surface area (Å²) >= 11 is 0.724. The van der Waals surface area contributed by atoms with Crippen LogP contribution >= 0.6 is 35.2 Å². The number of amides is 2. The summed E-state index contributed by atoms with van der Waals surface area (Å²) in [6.07, 6.45) is -7.09. The molecule has 3 heterocycles. The van der Waals surface area contributed by atoms with Crippen molar-refractivity contribution < 1.29 is 85.3 Å². The van der Waals surface area contributed by atoms with Gasteiger partial charge in [0.05, 0.1) is 19.5 Å². The maximum atomic E-state index is 12.7. The van der Waals surface area contributed by atoms with Crippen molar-refractivity contribution in [1.82, 2.24) is 30.2 Å². The van der Waals surface area contributed by atoms with E-state index in [-0.39, 0.29) is 47.8 Å². The van der Waals surface area contributed by atoms with E-state index in [1.54, 1.807) is 18.2 Å². The molecule has 1 aliphatic heterocycles. The second-order valence-electron chi connectivity index (χ2n) is 12.9. The van der Waals surface area contributed by atoms with Crippen LogP contribution in [0.1, 0.15) is 36.9 Å². The highest BCUT2D eigenvalue weighted by atomic mass is 32.2. The van der Waals surface area contributed by atoms with E-state index >= 15 is 0 Å². The van der Waals surface area contributed by atoms with Crippen molar-refractivity contribution in [3.05, 3.63) is 48.5 Å². The average Bonchev–Trinajstić information content (AvgIpc) is 3.71. The van der Waals surface area contributed by atoms with Gasteiger partial charge in [0.1, 0.15) is 36.3 Å². The quantitative estimate of drug-likeness (QED) is 0.0283. The van der Waals surface area contributed by atoms with Crippen molar-refractivity contribution >= 4 is 74.9 Å². The van der Waals surface area contributed by atoms with Gasteiger partial charge >= 0.3 is 23.5 Å². The molecular weight excluding hydrogens is 859 g/mol. The van der Waals surface area contributed by atoms with Crippen molar-refractivity contribution in [2.24, 2.45) is 5.41 Å². The lowest BCUT2D eigenvalue weighted by atomic mass is 9.87. The third-order valence-electron chi connectivity index (χ3n) is 7.96. The molecule has 25 nitrogen and oxygen atoms in total. The van der Waals surface area contributed by atoms with Gasteiger partial charge in [-0.25, -0.2) is 28.6 Å². The van der Waals surface area contributed by atoms with Crippen LogP contribution in [-0.4, -0.2) is 128 Å². The fraction of sp³-hybridized carbons (Fsp3) is 0.483. The molecule has 1 aliphatic rings. The van der Waals surface area contributed by atoms with Gasteiger partial charge in [-0.1, -0.05) is 55.9 Å². The number of ether oxygens (including phenoxy) is 1. The Bertz CT molecular complexity index is 2110. The SMILES string of the molecule is CC(C)(COP(=O)(O)OP(=O)(O)OC[C@H]1O[C@@H](n2cnc3c(N)ncnc32)[C@H](O)[C@@H]1OP(=O)(O)O)[C@@H](O)C(=O)NCCC(=O)NCCSC(=O)C(=O)c1ccccc1. The van der Waals surface area contributed by atoms with E-state index in [1.165, 1.54) is 26.0 Å². The molecule has 0 spiro atoms. The smallest absolute Gasteiger partial charge is 0.386 e. The van der Waals surface area contributed by atoms with Gasteiger partial charge in [0.25, 0.3) is 5.12 Å². The lowest BCUT2D eigenvalue weighted by molar-refractivity contribution is -0.137. The van der Waals surface area contributed by atoms with E-state index in [4.69, 9.17) is 19.5 Å². The predicted octanol–water partition coefficient (Wildman–Crippen LogP) is -0.452. The Labute approximate surface area is 332 Å². The number of carbonyl (C=O) groups excluding carboxylic acids is 4. The minimum atomic E-state index is -5.59. The molecular formula is C29H40N7O18P3S. The van der Waals surface area contributed by atoms with Crippen molar-refractivity contribution in [2.75, 3.05) is 37.8 Å². The van der Waals surface area contributed by atoms with Crippen LogP contribution < -0.4 is 16.4 Å². The molecule has 2 amide bonds. The summed E-state index contributed by atoms with van der Waals surface area (Å²) in [7, 11) is -16.4. The number of nitrogen functional groups attached to an aromatic ring is 1. The molecule has 320 valence electrons. The van der Waals surface area contributed by atoms with Gasteiger partial charge in [0.2, 0.25) is 17.6 Å². The predicted molar refractivity (Wildman–Crippen MR) is 198 cm³/mol. The maximum absolute atomic E-state index is 12.7. The number of nitrogens with one attached hydrogen (secondary N) is 2. The summed E-state index contributed by atoms with van der Waals surface area (Å²) in [5.41, 5.74) is 4.44. The molecule has 0 bridgehead atoms. The number of aliphatic hydroxyl groups excluding tert-OH is 2. The fourth-order valence-electron chi connectivity index (χ4n) is 5.05. The van der Waals surface area contributed by atoms with Crippen LogP contribution in [0.2, 0.25) is 0 Å². The van der Waals surface area contributed by atoms with Crippen LogP contribution in [0.4, 0.5) is 5.82 Å². The molecule has 3 aromatic rings. The Balaban J connectivity index is 1.22. The lowest BCUT2D eigenvalue weighted by Gasteiger charge is -2.30. The molecule has 1 fully saturated rings. The molecule has 2 aromatic heterocycles. The molecule has 0 radical (unpaired) electrons. The van der Waals surface area contributed by atoms with Crippen molar-refractivity contribution in [1.29, 1.82) is 0 Å². The molecule has 0 saturated carbocycles. The number of aliphatic hydroxyl groups is 2. The van der Waals surface area contributed by atoms with Crippen molar-refractivity contribution in [3.63, 3.8) is 0 Å². The largest absolute Gasteiger partial charge is 0.481 e. The van der Waals surface area contributed by atoms with Gasteiger partial charge in [-0.3, -0.25) is 37.3 Å². The normalized spacial score (nSPS) is 21.2. The number of nitrogens with zero attached hydrogens (tertiary/aromatic N) is 4. The summed E-state index contributed by atoms with van der Waals surface area (Å²) in [6, 6.07) is 7.93. The van der Waals surface area contributed by atoms with E-state index in [0.29, 0.717) is 0 Å². The first-order valence-corrected chi connectivity index (χ1v) is 22.2. The zero-order valence-electron chi connectivity index (χ0n) is 30.4. The molecule has 4 rings (SSSR count). The van der Waals surface area contributed by atoms with Crippen LogP contribution in [0.3, 0.4) is 0 Å². The lowest BCUT2D eigenvalue weighted by Crippen LogP contribution is -2.46. The van der Waals surface area contributed by atoms with Gasteiger partial charge in [0.15, 0.2) is 17.7 Å². The second kappa shape index (κ2) is 19.7. The first-order chi connectivity index (χ1) is 27.0. The summed E-state index contributed by atoms with van der Waals surface area (Å²) in [5.74, 6) is -2.17. The van der Waals surface area contributed by atoms with E-state index in [2.05, 4.69) is 34.4 Å². The number of anilines is 1. The second-order valence-corrected chi connectivity index (χ2v) is 18.2. The summed E-state index contributed by atoms with van der Waals surface area (Å²) < 4.78 is 62.1. The highest BCUT2D eigenvalue weighted by Gasteiger charge is 2.50. The van der Waals surface area contributed by atoms with E-state index in [9.17, 15) is 62.7 Å². The maximum Gasteiger partial charge on any atom is 0.481 e. The highest BCUT2D eigenvalue weighted by molar-refractivity contribution is 8.15. The zero-order chi connectivity index (χ0) is 43.1. The van der Waals surface area contributed by atoms with Gasteiger partial charge < -0.3 is 50.9 Å².